The summed E-state index contributed by atoms with van der Waals surface area (Å²) in [6, 6.07) is 19.0. The number of carbonyl (C=O) groups excluding carboxylic acids is 2. The van der Waals surface area contributed by atoms with Crippen LogP contribution in [0.15, 0.2) is 76.3 Å². The molecule has 0 spiro atoms. The zero-order valence-electron chi connectivity index (χ0n) is 16.4. The highest BCUT2D eigenvalue weighted by Crippen LogP contribution is 2.23. The number of benzene rings is 3. The molecule has 30 heavy (non-hydrogen) atoms. The Bertz CT molecular complexity index is 1090. The fourth-order valence-electron chi connectivity index (χ4n) is 2.55. The van der Waals surface area contributed by atoms with Crippen molar-refractivity contribution >= 4 is 34.0 Å². The van der Waals surface area contributed by atoms with Crippen molar-refractivity contribution in [2.45, 2.75) is 6.92 Å². The number of hydrogen-bond acceptors (Lipinski definition) is 5. The number of halogens is 1. The molecule has 0 aliphatic carbocycles. The Hall–Kier alpha value is -3.45. The van der Waals surface area contributed by atoms with E-state index >= 15 is 0 Å². The highest BCUT2D eigenvalue weighted by Gasteiger charge is 2.12. The van der Waals surface area contributed by atoms with E-state index in [2.05, 4.69) is 26.5 Å². The topological polar surface area (TPSA) is 77.0 Å². The summed E-state index contributed by atoms with van der Waals surface area (Å²) < 4.78 is 11.4. The number of hydrazone groups is 1. The first-order chi connectivity index (χ1) is 14.5. The van der Waals surface area contributed by atoms with Crippen molar-refractivity contribution in [3.8, 4) is 11.5 Å². The molecule has 1 amide bonds. The van der Waals surface area contributed by atoms with Crippen LogP contribution >= 0.6 is 15.9 Å². The number of esters is 1. The van der Waals surface area contributed by atoms with Crippen molar-refractivity contribution < 1.29 is 19.1 Å². The molecule has 0 radical (unpaired) electrons. The summed E-state index contributed by atoms with van der Waals surface area (Å²) in [4.78, 5) is 24.7. The number of amides is 1. The minimum absolute atomic E-state index is 0.322. The van der Waals surface area contributed by atoms with Gasteiger partial charge >= 0.3 is 5.97 Å². The van der Waals surface area contributed by atoms with E-state index in [4.69, 9.17) is 9.47 Å². The first kappa shape index (κ1) is 21.3. The molecule has 0 aliphatic heterocycles. The van der Waals surface area contributed by atoms with Gasteiger partial charge in [-0.05, 0) is 55.5 Å². The maximum Gasteiger partial charge on any atom is 0.343 e. The highest BCUT2D eigenvalue weighted by molar-refractivity contribution is 9.10. The van der Waals surface area contributed by atoms with Crippen LogP contribution in [-0.4, -0.2) is 25.2 Å². The van der Waals surface area contributed by atoms with Gasteiger partial charge in [0, 0.05) is 15.6 Å². The van der Waals surface area contributed by atoms with Crippen LogP contribution in [0.4, 0.5) is 0 Å². The lowest BCUT2D eigenvalue weighted by molar-refractivity contribution is 0.0734. The van der Waals surface area contributed by atoms with Crippen molar-refractivity contribution in [3.63, 3.8) is 0 Å². The van der Waals surface area contributed by atoms with Gasteiger partial charge in [0.1, 0.15) is 11.5 Å². The third-order valence-electron chi connectivity index (χ3n) is 4.16. The van der Waals surface area contributed by atoms with Gasteiger partial charge in [-0.1, -0.05) is 39.7 Å². The molecule has 0 saturated carbocycles. The Morgan fingerprint density at radius 3 is 2.50 bits per heavy atom. The first-order valence-electron chi connectivity index (χ1n) is 9.02. The fourth-order valence-corrected chi connectivity index (χ4v) is 2.93. The molecule has 0 unspecified atom stereocenters. The molecule has 6 nitrogen and oxygen atoms in total. The second-order valence-corrected chi connectivity index (χ2v) is 7.28. The third kappa shape index (κ3) is 5.55. The van der Waals surface area contributed by atoms with Crippen molar-refractivity contribution in [3.05, 3.63) is 93.5 Å². The van der Waals surface area contributed by atoms with Crippen LogP contribution in [0.1, 0.15) is 31.8 Å². The Labute approximate surface area is 182 Å². The number of nitrogens with one attached hydrogen (secondary N) is 1. The summed E-state index contributed by atoms with van der Waals surface area (Å²) in [6.45, 7) is 1.94. The maximum atomic E-state index is 12.4. The van der Waals surface area contributed by atoms with Gasteiger partial charge in [-0.15, -0.1) is 0 Å². The van der Waals surface area contributed by atoms with E-state index in [-0.39, 0.29) is 0 Å². The Morgan fingerprint density at radius 1 is 1.00 bits per heavy atom. The van der Waals surface area contributed by atoms with E-state index in [9.17, 15) is 9.59 Å². The third-order valence-corrected chi connectivity index (χ3v) is 4.66. The first-order valence-corrected chi connectivity index (χ1v) is 9.81. The summed E-state index contributed by atoms with van der Waals surface area (Å²) in [6.07, 6.45) is 1.42. The lowest BCUT2D eigenvalue weighted by Crippen LogP contribution is -2.17. The minimum Gasteiger partial charge on any atom is -0.497 e. The van der Waals surface area contributed by atoms with Crippen molar-refractivity contribution in [1.82, 2.24) is 5.43 Å². The average Bonchev–Trinajstić information content (AvgIpc) is 2.76. The minimum atomic E-state index is -0.479. The van der Waals surface area contributed by atoms with Crippen LogP contribution in [0.25, 0.3) is 0 Å². The molecular formula is C23H19BrN2O4. The van der Waals surface area contributed by atoms with Crippen molar-refractivity contribution in [2.24, 2.45) is 5.10 Å². The number of methoxy groups -OCH3 is 1. The predicted molar refractivity (Wildman–Crippen MR) is 118 cm³/mol. The van der Waals surface area contributed by atoms with E-state index in [0.29, 0.717) is 28.2 Å². The smallest absolute Gasteiger partial charge is 0.343 e. The lowest BCUT2D eigenvalue weighted by Gasteiger charge is -2.08. The average molecular weight is 467 g/mol. The largest absolute Gasteiger partial charge is 0.497 e. The van der Waals surface area contributed by atoms with Gasteiger partial charge in [-0.25, -0.2) is 10.2 Å². The molecule has 0 fully saturated rings. The molecule has 7 heteroatoms. The standard InChI is InChI=1S/C23H19BrN2O4/c1-15-6-8-16(9-7-15)23(28)30-21-11-10-19(24)12-18(21)14-25-26-22(27)17-4-3-5-20(13-17)29-2/h3-14H,1-2H3,(H,26,27)/b25-14-. The van der Waals surface area contributed by atoms with Crippen LogP contribution in [0.3, 0.4) is 0 Å². The van der Waals surface area contributed by atoms with Gasteiger partial charge in [-0.3, -0.25) is 4.79 Å². The number of ether oxygens (including phenoxy) is 2. The molecule has 3 aromatic carbocycles. The van der Waals surface area contributed by atoms with E-state index in [1.54, 1.807) is 54.6 Å². The van der Waals surface area contributed by atoms with Gasteiger partial charge in [0.25, 0.3) is 5.91 Å². The van der Waals surface area contributed by atoms with E-state index in [0.717, 1.165) is 10.0 Å². The predicted octanol–water partition coefficient (Wildman–Crippen LogP) is 4.75. The van der Waals surface area contributed by atoms with Crippen LogP contribution in [0.5, 0.6) is 11.5 Å². The van der Waals surface area contributed by atoms with Crippen LogP contribution < -0.4 is 14.9 Å². The van der Waals surface area contributed by atoms with Crippen LogP contribution in [0.2, 0.25) is 0 Å². The van der Waals surface area contributed by atoms with E-state index in [1.165, 1.54) is 13.3 Å². The molecule has 3 rings (SSSR count). The summed E-state index contributed by atoms with van der Waals surface area (Å²) >= 11 is 3.39. The van der Waals surface area contributed by atoms with Crippen LogP contribution in [0, 0.1) is 6.92 Å². The highest BCUT2D eigenvalue weighted by atomic mass is 79.9. The van der Waals surface area contributed by atoms with Gasteiger partial charge in [-0.2, -0.15) is 5.10 Å². The van der Waals surface area contributed by atoms with Gasteiger partial charge in [0.2, 0.25) is 0 Å². The zero-order chi connectivity index (χ0) is 21.5. The Morgan fingerprint density at radius 2 is 1.77 bits per heavy atom. The Kier molecular flexibility index (Phi) is 6.98. The molecule has 0 bridgehead atoms. The fraction of sp³-hybridized carbons (Fsp3) is 0.0870. The molecule has 0 heterocycles. The maximum absolute atomic E-state index is 12.4. The number of carbonyl (C=O) groups is 2. The molecule has 3 aromatic rings. The molecule has 0 saturated heterocycles. The SMILES string of the molecule is COc1cccc(C(=O)N/N=C\c2cc(Br)ccc2OC(=O)c2ccc(C)cc2)c1. The lowest BCUT2D eigenvalue weighted by atomic mass is 10.1. The zero-order valence-corrected chi connectivity index (χ0v) is 18.0. The van der Waals surface area contributed by atoms with Crippen LogP contribution in [-0.2, 0) is 0 Å². The second-order valence-electron chi connectivity index (χ2n) is 6.37. The normalized spacial score (nSPS) is 10.6. The van der Waals surface area contributed by atoms with Gasteiger partial charge < -0.3 is 9.47 Å². The number of rotatable bonds is 6. The van der Waals surface area contributed by atoms with Gasteiger partial charge in [0.05, 0.1) is 18.9 Å². The summed E-state index contributed by atoms with van der Waals surface area (Å²) in [5.74, 6) is 0.0258. The molecular weight excluding hydrogens is 448 g/mol. The summed E-state index contributed by atoms with van der Waals surface area (Å²) in [5, 5.41) is 3.99. The Balaban J connectivity index is 1.73. The second kappa shape index (κ2) is 9.84. The summed E-state index contributed by atoms with van der Waals surface area (Å²) in [5.41, 5.74) is 4.88. The number of nitrogens with zero attached hydrogens (tertiary/aromatic N) is 1. The van der Waals surface area contributed by atoms with Crippen molar-refractivity contribution in [1.29, 1.82) is 0 Å². The molecule has 1 N–H and O–H groups in total. The molecule has 152 valence electrons. The van der Waals surface area contributed by atoms with E-state index in [1.807, 2.05) is 19.1 Å². The molecule has 0 aliphatic rings. The molecule has 0 aromatic heterocycles. The summed E-state index contributed by atoms with van der Waals surface area (Å²) in [7, 11) is 1.53. The molecule has 0 atom stereocenters. The number of aryl methyl sites for hydroxylation is 1. The number of hydrogen-bond donors (Lipinski definition) is 1. The van der Waals surface area contributed by atoms with Gasteiger partial charge in [0.15, 0.2) is 0 Å². The quantitative estimate of drug-likeness (QED) is 0.246. The monoisotopic (exact) mass is 466 g/mol. The van der Waals surface area contributed by atoms with Crippen molar-refractivity contribution in [2.75, 3.05) is 7.11 Å². The van der Waals surface area contributed by atoms with E-state index < -0.39 is 11.9 Å².